The molecule has 0 heterocycles. The monoisotopic (exact) mass is 823 g/mol. The molecule has 0 aliphatic rings. The van der Waals surface area contributed by atoms with Crippen molar-refractivity contribution in [1.29, 1.82) is 0 Å². The first-order valence-electron chi connectivity index (χ1n) is 24.5. The lowest BCUT2D eigenvalue weighted by Gasteiger charge is -2.18. The molecule has 59 heavy (non-hydrogen) atoms. The molecule has 0 aliphatic heterocycles. The van der Waals surface area contributed by atoms with Crippen molar-refractivity contribution in [1.82, 2.24) is 0 Å². The molecule has 0 rings (SSSR count). The first kappa shape index (κ1) is 55.9. The standard InChI is InChI=1S/C53H90O6/c1-4-7-10-13-16-19-22-24-25-26-27-28-29-32-34-37-40-43-46-52(55)58-49-50(48-57-51(54)45-42-39-36-33-30-21-18-15-12-9-6-3)59-53(56)47-44-41-38-35-31-23-20-17-14-11-8-5-2/h15-20,22,24-28,50H,4-14,21,23,29-49H2,1-3H3/b18-15-,19-16-,20-17-,24-22-,26-25-,28-27-. The molecule has 0 aromatic carbocycles. The van der Waals surface area contributed by atoms with Crippen LogP contribution in [0.1, 0.15) is 226 Å². The second-order valence-corrected chi connectivity index (χ2v) is 16.1. The van der Waals surface area contributed by atoms with Gasteiger partial charge in [0, 0.05) is 19.3 Å². The van der Waals surface area contributed by atoms with Crippen LogP contribution >= 0.6 is 0 Å². The number of hydrogen-bond acceptors (Lipinski definition) is 6. The average Bonchev–Trinajstić information content (AvgIpc) is 3.23. The first-order valence-corrected chi connectivity index (χ1v) is 24.5. The van der Waals surface area contributed by atoms with Gasteiger partial charge in [0.15, 0.2) is 6.10 Å². The van der Waals surface area contributed by atoms with Crippen LogP contribution in [0.4, 0.5) is 0 Å². The molecule has 0 aromatic rings. The van der Waals surface area contributed by atoms with E-state index in [1.807, 2.05) is 0 Å². The van der Waals surface area contributed by atoms with Gasteiger partial charge in [-0.3, -0.25) is 14.4 Å². The summed E-state index contributed by atoms with van der Waals surface area (Å²) in [5, 5.41) is 0. The summed E-state index contributed by atoms with van der Waals surface area (Å²) in [4.78, 5) is 37.8. The number of carbonyl (C=O) groups is 3. The van der Waals surface area contributed by atoms with Crippen LogP contribution < -0.4 is 0 Å². The van der Waals surface area contributed by atoms with Gasteiger partial charge in [0.2, 0.25) is 0 Å². The Morgan fingerprint density at radius 2 is 0.644 bits per heavy atom. The van der Waals surface area contributed by atoms with Crippen molar-refractivity contribution in [3.63, 3.8) is 0 Å². The molecular weight excluding hydrogens is 733 g/mol. The van der Waals surface area contributed by atoms with Crippen molar-refractivity contribution in [2.45, 2.75) is 232 Å². The lowest BCUT2D eigenvalue weighted by Crippen LogP contribution is -2.30. The van der Waals surface area contributed by atoms with Gasteiger partial charge in [0.25, 0.3) is 0 Å². The number of unbranched alkanes of at least 4 members (excludes halogenated alkanes) is 23. The van der Waals surface area contributed by atoms with Gasteiger partial charge in [0.1, 0.15) is 13.2 Å². The van der Waals surface area contributed by atoms with Gasteiger partial charge in [0.05, 0.1) is 0 Å². The maximum atomic E-state index is 12.7. The number of hydrogen-bond donors (Lipinski definition) is 0. The largest absolute Gasteiger partial charge is 0.462 e. The maximum absolute atomic E-state index is 12.7. The Labute approximate surface area is 363 Å². The predicted octanol–water partition coefficient (Wildman–Crippen LogP) is 15.9. The normalized spacial score (nSPS) is 12.7. The summed E-state index contributed by atoms with van der Waals surface area (Å²) in [6.07, 6.45) is 58.7. The molecule has 0 fully saturated rings. The van der Waals surface area contributed by atoms with Crippen molar-refractivity contribution < 1.29 is 28.6 Å². The van der Waals surface area contributed by atoms with Crippen molar-refractivity contribution in [3.05, 3.63) is 72.9 Å². The SMILES string of the molecule is CCCC/C=C\CCCCCCCC(=O)OCC(COC(=O)CCCCCCC\C=C/C=C\C=C/C=C\CCCCC)OC(=O)CCCCCCC/C=C\CCCCC. The van der Waals surface area contributed by atoms with Crippen LogP contribution in [-0.4, -0.2) is 37.2 Å². The molecule has 338 valence electrons. The molecule has 0 radical (unpaired) electrons. The Morgan fingerprint density at radius 1 is 0.339 bits per heavy atom. The summed E-state index contributed by atoms with van der Waals surface area (Å²) in [6.45, 7) is 6.49. The molecule has 0 saturated heterocycles. The Kier molecular flexibility index (Phi) is 45.0. The minimum Gasteiger partial charge on any atom is -0.462 e. The topological polar surface area (TPSA) is 78.9 Å². The summed E-state index contributed by atoms with van der Waals surface area (Å²) in [7, 11) is 0. The smallest absolute Gasteiger partial charge is 0.306 e. The van der Waals surface area contributed by atoms with E-state index in [4.69, 9.17) is 14.2 Å². The minimum atomic E-state index is -0.791. The van der Waals surface area contributed by atoms with E-state index < -0.39 is 6.10 Å². The Balaban J connectivity index is 4.43. The van der Waals surface area contributed by atoms with Gasteiger partial charge in [-0.2, -0.15) is 0 Å². The van der Waals surface area contributed by atoms with E-state index in [-0.39, 0.29) is 31.1 Å². The van der Waals surface area contributed by atoms with Crippen LogP contribution in [0, 0.1) is 0 Å². The Bertz CT molecular complexity index is 1130. The molecule has 0 aliphatic carbocycles. The quantitative estimate of drug-likeness (QED) is 0.0200. The molecule has 6 heteroatoms. The average molecular weight is 823 g/mol. The molecule has 0 saturated carbocycles. The molecule has 0 amide bonds. The first-order chi connectivity index (χ1) is 29.0. The number of esters is 3. The third-order valence-corrected chi connectivity index (χ3v) is 10.2. The number of carbonyl (C=O) groups excluding carboxylic acids is 3. The van der Waals surface area contributed by atoms with Crippen LogP contribution in [0.2, 0.25) is 0 Å². The van der Waals surface area contributed by atoms with Gasteiger partial charge in [-0.1, -0.05) is 190 Å². The van der Waals surface area contributed by atoms with Crippen LogP contribution in [0.3, 0.4) is 0 Å². The maximum Gasteiger partial charge on any atom is 0.306 e. The highest BCUT2D eigenvalue weighted by molar-refractivity contribution is 5.71. The lowest BCUT2D eigenvalue weighted by molar-refractivity contribution is -0.167. The van der Waals surface area contributed by atoms with Gasteiger partial charge >= 0.3 is 17.9 Å². The highest BCUT2D eigenvalue weighted by atomic mass is 16.6. The zero-order valence-electron chi connectivity index (χ0n) is 38.5. The van der Waals surface area contributed by atoms with Gasteiger partial charge < -0.3 is 14.2 Å². The summed E-state index contributed by atoms with van der Waals surface area (Å²) >= 11 is 0. The number of ether oxygens (including phenoxy) is 3. The highest BCUT2D eigenvalue weighted by Crippen LogP contribution is 2.13. The zero-order valence-corrected chi connectivity index (χ0v) is 38.5. The van der Waals surface area contributed by atoms with Gasteiger partial charge in [-0.25, -0.2) is 0 Å². The molecule has 1 atom stereocenters. The van der Waals surface area contributed by atoms with E-state index >= 15 is 0 Å². The zero-order chi connectivity index (χ0) is 43.0. The second kappa shape index (κ2) is 47.5. The molecule has 0 N–H and O–H groups in total. The summed E-state index contributed by atoms with van der Waals surface area (Å²) in [5.74, 6) is -0.936. The van der Waals surface area contributed by atoms with Crippen molar-refractivity contribution in [3.8, 4) is 0 Å². The van der Waals surface area contributed by atoms with Crippen LogP contribution in [0.15, 0.2) is 72.9 Å². The number of rotatable bonds is 43. The molecule has 6 nitrogen and oxygen atoms in total. The molecule has 0 spiro atoms. The molecule has 0 aromatic heterocycles. The van der Waals surface area contributed by atoms with E-state index in [1.54, 1.807) is 0 Å². The van der Waals surface area contributed by atoms with E-state index in [1.165, 1.54) is 83.5 Å². The van der Waals surface area contributed by atoms with Gasteiger partial charge in [-0.05, 0) is 89.9 Å². The highest BCUT2D eigenvalue weighted by Gasteiger charge is 2.19. The number of allylic oxidation sites excluding steroid dienone is 12. The van der Waals surface area contributed by atoms with E-state index in [0.717, 1.165) is 103 Å². The fourth-order valence-electron chi connectivity index (χ4n) is 6.49. The Hall–Kier alpha value is -3.15. The molecular formula is C53H90O6. The van der Waals surface area contributed by atoms with E-state index in [9.17, 15) is 14.4 Å². The van der Waals surface area contributed by atoms with Crippen LogP contribution in [-0.2, 0) is 28.6 Å². The summed E-state index contributed by atoms with van der Waals surface area (Å²) < 4.78 is 16.7. The van der Waals surface area contributed by atoms with Gasteiger partial charge in [-0.15, -0.1) is 0 Å². The van der Waals surface area contributed by atoms with Crippen LogP contribution in [0.25, 0.3) is 0 Å². The third kappa shape index (κ3) is 45.8. The summed E-state index contributed by atoms with van der Waals surface area (Å²) in [5.41, 5.74) is 0. The fraction of sp³-hybridized carbons (Fsp3) is 0.717. The van der Waals surface area contributed by atoms with Crippen molar-refractivity contribution in [2.24, 2.45) is 0 Å². The predicted molar refractivity (Wildman–Crippen MR) is 251 cm³/mol. The van der Waals surface area contributed by atoms with Crippen molar-refractivity contribution >= 4 is 17.9 Å². The van der Waals surface area contributed by atoms with E-state index in [2.05, 4.69) is 93.7 Å². The Morgan fingerprint density at radius 3 is 1.05 bits per heavy atom. The third-order valence-electron chi connectivity index (χ3n) is 10.2. The van der Waals surface area contributed by atoms with Crippen molar-refractivity contribution in [2.75, 3.05) is 13.2 Å². The fourth-order valence-corrected chi connectivity index (χ4v) is 6.49. The lowest BCUT2D eigenvalue weighted by atomic mass is 10.1. The second-order valence-electron chi connectivity index (χ2n) is 16.1. The van der Waals surface area contributed by atoms with Crippen LogP contribution in [0.5, 0.6) is 0 Å². The van der Waals surface area contributed by atoms with E-state index in [0.29, 0.717) is 19.3 Å². The summed E-state index contributed by atoms with van der Waals surface area (Å²) in [6, 6.07) is 0. The minimum absolute atomic E-state index is 0.0916. The molecule has 0 bridgehead atoms. The molecule has 1 unspecified atom stereocenters.